The maximum Gasteiger partial charge on any atom is 0.305 e. The minimum Gasteiger partial charge on any atom is -0.483 e. The van der Waals surface area contributed by atoms with Gasteiger partial charge >= 0.3 is 4.87 Å². The van der Waals surface area contributed by atoms with Crippen LogP contribution in [0.25, 0.3) is 0 Å². The van der Waals surface area contributed by atoms with Crippen molar-refractivity contribution in [2.24, 2.45) is 29.6 Å². The van der Waals surface area contributed by atoms with Crippen molar-refractivity contribution in [3.05, 3.63) is 104 Å². The number of halogens is 2. The maximum atomic E-state index is 14.0. The van der Waals surface area contributed by atoms with Gasteiger partial charge in [-0.15, -0.1) is 11.8 Å². The molecule has 0 unspecified atom stereocenters. The zero-order valence-electron chi connectivity index (χ0n) is 23.4. The highest BCUT2D eigenvalue weighted by molar-refractivity contribution is 8.00. The molecule has 2 saturated carbocycles. The number of aromatic nitrogens is 1. The number of nitrogens with one attached hydrogen (secondary N) is 2. The van der Waals surface area contributed by atoms with E-state index in [1.165, 1.54) is 29.2 Å². The largest absolute Gasteiger partial charge is 0.483 e. The summed E-state index contributed by atoms with van der Waals surface area (Å²) >= 11 is 9.28. The zero-order valence-corrected chi connectivity index (χ0v) is 25.8. The van der Waals surface area contributed by atoms with E-state index in [-0.39, 0.29) is 52.2 Å². The van der Waals surface area contributed by atoms with Crippen LogP contribution in [0, 0.1) is 35.4 Å². The van der Waals surface area contributed by atoms with Gasteiger partial charge in [-0.3, -0.25) is 24.1 Å². The molecule has 4 aromatic rings. The van der Waals surface area contributed by atoms with Crippen molar-refractivity contribution >= 4 is 63.8 Å². The zero-order chi connectivity index (χ0) is 31.0. The Kier molecular flexibility index (Phi) is 6.88. The predicted octanol–water partition coefficient (Wildman–Crippen LogP) is 5.92. The number of thiazole rings is 1. The van der Waals surface area contributed by atoms with Crippen LogP contribution in [0.15, 0.2) is 82.6 Å². The Labute approximate surface area is 269 Å². The predicted molar refractivity (Wildman–Crippen MR) is 169 cm³/mol. The number of fused-ring (bicyclic) bond motifs is 9. The van der Waals surface area contributed by atoms with Crippen LogP contribution in [0.5, 0.6) is 5.75 Å². The van der Waals surface area contributed by atoms with E-state index in [1.54, 1.807) is 36.0 Å². The molecular formula is C33H25ClFN3O5S2. The van der Waals surface area contributed by atoms with Crippen LogP contribution in [0.1, 0.15) is 22.8 Å². The molecular weight excluding hydrogens is 637 g/mol. The van der Waals surface area contributed by atoms with Crippen LogP contribution < -0.4 is 19.8 Å². The second-order valence-electron chi connectivity index (χ2n) is 11.8. The lowest BCUT2D eigenvalue weighted by Crippen LogP contribution is -2.42. The van der Waals surface area contributed by atoms with Crippen LogP contribution in [-0.2, 0) is 14.4 Å². The number of hydrogen-bond donors (Lipinski definition) is 2. The van der Waals surface area contributed by atoms with Crippen molar-refractivity contribution in [3.8, 4) is 5.75 Å². The van der Waals surface area contributed by atoms with Crippen LogP contribution >= 0.6 is 34.7 Å². The number of nitrogens with zero attached hydrogens (tertiary/aromatic N) is 1. The molecule has 7 atom stereocenters. The number of aromatic amines is 1. The van der Waals surface area contributed by atoms with Crippen molar-refractivity contribution in [2.45, 2.75) is 22.6 Å². The molecule has 2 bridgehead atoms. The van der Waals surface area contributed by atoms with Gasteiger partial charge in [-0.1, -0.05) is 41.1 Å². The van der Waals surface area contributed by atoms with Crippen molar-refractivity contribution in [1.29, 1.82) is 0 Å². The van der Waals surface area contributed by atoms with Gasteiger partial charge in [-0.05, 0) is 78.8 Å². The van der Waals surface area contributed by atoms with Crippen LogP contribution in [0.3, 0.4) is 0 Å². The highest BCUT2D eigenvalue weighted by Gasteiger charge is 2.69. The minimum atomic E-state index is -0.450. The summed E-state index contributed by atoms with van der Waals surface area (Å²) in [5.41, 5.74) is 1.75. The second kappa shape index (κ2) is 10.9. The molecule has 45 heavy (non-hydrogen) atoms. The number of H-pyrrole nitrogens is 1. The van der Waals surface area contributed by atoms with E-state index in [1.807, 2.05) is 24.3 Å². The Morgan fingerprint density at radius 2 is 1.73 bits per heavy atom. The first-order chi connectivity index (χ1) is 21.8. The highest BCUT2D eigenvalue weighted by atomic mass is 35.5. The Bertz CT molecular complexity index is 1920. The SMILES string of the molecule is O=C(COc1ccc(Cl)cc1[C@@H]1c2sc(=O)[nH]c2S[C@@H]2[C@@H]3C[C@@H]([C@@H]4C(=O)N(c5ccccc5)C(=O)[C@@H]34)[C@H]12)Nc1ccc(F)cc1. The lowest BCUT2D eigenvalue weighted by Gasteiger charge is -2.43. The third-order valence-corrected chi connectivity index (χ3v) is 12.4. The number of rotatable bonds is 6. The number of hydrogen-bond acceptors (Lipinski definition) is 7. The molecule has 3 aromatic carbocycles. The number of ether oxygens (including phenoxy) is 1. The number of para-hydroxylation sites is 1. The molecule has 0 spiro atoms. The summed E-state index contributed by atoms with van der Waals surface area (Å²) in [5.74, 6) is -2.11. The summed E-state index contributed by atoms with van der Waals surface area (Å²) < 4.78 is 19.4. The normalized spacial score (nSPS) is 27.7. The monoisotopic (exact) mass is 661 g/mol. The number of benzene rings is 3. The number of imide groups is 1. The second-order valence-corrected chi connectivity index (χ2v) is 14.5. The summed E-state index contributed by atoms with van der Waals surface area (Å²) in [6.07, 6.45) is 0.740. The molecule has 228 valence electrons. The molecule has 2 aliphatic carbocycles. The molecule has 4 aliphatic rings. The molecule has 3 heterocycles. The fourth-order valence-electron chi connectivity index (χ4n) is 7.96. The van der Waals surface area contributed by atoms with Gasteiger partial charge in [0, 0.05) is 32.3 Å². The topological polar surface area (TPSA) is 109 Å². The van der Waals surface area contributed by atoms with E-state index in [0.29, 0.717) is 22.1 Å². The van der Waals surface area contributed by atoms with Gasteiger partial charge in [0.25, 0.3) is 5.91 Å². The smallest absolute Gasteiger partial charge is 0.305 e. The van der Waals surface area contributed by atoms with E-state index in [0.717, 1.165) is 33.2 Å². The van der Waals surface area contributed by atoms with E-state index in [2.05, 4.69) is 10.3 Å². The number of thioether (sulfide) groups is 1. The standard InChI is InChI=1S/C33H25ClFN3O5S2/c34-15-6-11-22(43-14-23(39)36-17-9-7-16(35)8-10-17)19(12-15)24-25-20-13-21(28(25)44-30-29(24)45-33(42)37-30)27-26(20)31(40)38(32(27)41)18-4-2-1-3-5-18/h1-12,20-21,24-28H,13-14H2,(H,36,39)(H,37,42)/t20-,21-,24+,25-,26+,27+,28-/m1/s1. The van der Waals surface area contributed by atoms with Crippen molar-refractivity contribution in [3.63, 3.8) is 0 Å². The number of carbonyl (C=O) groups excluding carboxylic acids is 3. The lowest BCUT2D eigenvalue weighted by atomic mass is 9.68. The van der Waals surface area contributed by atoms with E-state index >= 15 is 0 Å². The Morgan fingerprint density at radius 1 is 1.00 bits per heavy atom. The van der Waals surface area contributed by atoms with Gasteiger partial charge in [0.05, 0.1) is 22.5 Å². The molecule has 0 radical (unpaired) electrons. The van der Waals surface area contributed by atoms with E-state index in [9.17, 15) is 23.6 Å². The van der Waals surface area contributed by atoms with Crippen LogP contribution in [0.4, 0.5) is 15.8 Å². The number of carbonyl (C=O) groups is 3. The van der Waals surface area contributed by atoms with E-state index in [4.69, 9.17) is 16.3 Å². The van der Waals surface area contributed by atoms with Gasteiger partial charge in [0.2, 0.25) is 11.8 Å². The van der Waals surface area contributed by atoms with Gasteiger partial charge in [0.1, 0.15) is 11.6 Å². The number of anilines is 2. The first kappa shape index (κ1) is 28.5. The lowest BCUT2D eigenvalue weighted by molar-refractivity contribution is -0.123. The fraction of sp³-hybridized carbons (Fsp3) is 0.273. The molecule has 8 rings (SSSR count). The Balaban J connectivity index is 1.14. The first-order valence-electron chi connectivity index (χ1n) is 14.6. The molecule has 12 heteroatoms. The molecule has 2 aliphatic heterocycles. The maximum absolute atomic E-state index is 14.0. The summed E-state index contributed by atoms with van der Waals surface area (Å²) in [6, 6.07) is 19.7. The molecule has 2 N–H and O–H groups in total. The Morgan fingerprint density at radius 3 is 2.49 bits per heavy atom. The molecule has 1 saturated heterocycles. The molecule has 8 nitrogen and oxygen atoms in total. The van der Waals surface area contributed by atoms with Crippen molar-refractivity contribution in [1.82, 2.24) is 4.98 Å². The fourth-order valence-corrected chi connectivity index (χ4v) is 11.0. The van der Waals surface area contributed by atoms with Gasteiger partial charge in [-0.2, -0.15) is 0 Å². The molecule has 3 amide bonds. The Hall–Kier alpha value is -3.93. The summed E-state index contributed by atoms with van der Waals surface area (Å²) in [4.78, 5) is 58.2. The summed E-state index contributed by atoms with van der Waals surface area (Å²) in [5, 5.41) is 3.92. The van der Waals surface area contributed by atoms with Gasteiger partial charge in [0.15, 0.2) is 6.61 Å². The summed E-state index contributed by atoms with van der Waals surface area (Å²) in [6.45, 7) is -0.312. The average Bonchev–Trinajstić information content (AvgIpc) is 3.77. The molecule has 1 aromatic heterocycles. The first-order valence-corrected chi connectivity index (χ1v) is 16.7. The third-order valence-electron chi connectivity index (χ3n) is 9.53. The minimum absolute atomic E-state index is 0.0138. The van der Waals surface area contributed by atoms with Crippen molar-refractivity contribution < 1.29 is 23.5 Å². The van der Waals surface area contributed by atoms with Gasteiger partial charge < -0.3 is 15.0 Å². The summed E-state index contributed by atoms with van der Waals surface area (Å²) in [7, 11) is 0. The van der Waals surface area contributed by atoms with Crippen LogP contribution in [0.2, 0.25) is 5.02 Å². The van der Waals surface area contributed by atoms with Gasteiger partial charge in [-0.25, -0.2) is 4.39 Å². The van der Waals surface area contributed by atoms with Crippen LogP contribution in [-0.4, -0.2) is 34.6 Å². The van der Waals surface area contributed by atoms with Crippen molar-refractivity contribution in [2.75, 3.05) is 16.8 Å². The average molecular weight is 662 g/mol. The highest BCUT2D eigenvalue weighted by Crippen LogP contribution is 2.69. The third kappa shape index (κ3) is 4.62. The van der Waals surface area contributed by atoms with E-state index < -0.39 is 23.6 Å². The quantitative estimate of drug-likeness (QED) is 0.248. The molecule has 3 fully saturated rings. The number of amides is 3.